The van der Waals surface area contributed by atoms with Crippen LogP contribution in [0, 0.1) is 0 Å². The summed E-state index contributed by atoms with van der Waals surface area (Å²) in [5.41, 5.74) is 0. The molecule has 232 valence electrons. The van der Waals surface area contributed by atoms with Gasteiger partial charge in [0.15, 0.2) is 0 Å². The number of rotatable bonds is 4. The lowest BCUT2D eigenvalue weighted by atomic mass is 10.8. The molecule has 5 rings (SSSR count). The quantitative estimate of drug-likeness (QED) is 0.267. The summed E-state index contributed by atoms with van der Waals surface area (Å²) in [7, 11) is 0. The molecule has 0 saturated heterocycles. The number of thioether (sulfide) groups is 16. The molecule has 2 nitrogen and oxygen atoms in total. The van der Waals surface area contributed by atoms with Gasteiger partial charge in [0.1, 0.15) is 0 Å². The van der Waals surface area contributed by atoms with E-state index in [2.05, 4.69) is 25.0 Å². The van der Waals surface area contributed by atoms with Gasteiger partial charge in [0, 0.05) is 23.0 Å². The van der Waals surface area contributed by atoms with Gasteiger partial charge in [-0.3, -0.25) is 0 Å². The van der Waals surface area contributed by atoms with Crippen LogP contribution in [-0.4, -0.2) is 74.5 Å². The summed E-state index contributed by atoms with van der Waals surface area (Å²) in [5.74, 6) is 3.97. The van der Waals surface area contributed by atoms with Crippen LogP contribution in [0.15, 0.2) is 50.8 Å². The van der Waals surface area contributed by atoms with Gasteiger partial charge in [-0.25, -0.2) is 0 Å². The van der Waals surface area contributed by atoms with Crippen LogP contribution in [0.4, 0.5) is 0 Å². The summed E-state index contributed by atoms with van der Waals surface area (Å²) in [6.07, 6.45) is 8.77. The Labute approximate surface area is 318 Å². The van der Waals surface area contributed by atoms with Crippen molar-refractivity contribution in [1.82, 2.24) is 0 Å². The van der Waals surface area contributed by atoms with Gasteiger partial charge in [-0.2, -0.15) is 0 Å². The summed E-state index contributed by atoms with van der Waals surface area (Å²) < 4.78 is 29.5. The molecule has 4 bridgehead atoms. The fraction of sp³-hybridized carbons (Fsp3) is 0.500. The smallest absolute Gasteiger partial charge is 0.0717 e. The minimum Gasteiger partial charge on any atom is -0.380 e. The number of hydrogen-bond acceptors (Lipinski definition) is 18. The summed E-state index contributed by atoms with van der Waals surface area (Å²) in [5, 5.41) is 0. The van der Waals surface area contributed by atoms with Crippen molar-refractivity contribution in [1.29, 1.82) is 0 Å². The van der Waals surface area contributed by atoms with E-state index in [1.54, 1.807) is 0 Å². The Balaban J connectivity index is 1.22. The molecular formula is C24H28O2S16. The largest absolute Gasteiger partial charge is 0.380 e. The maximum Gasteiger partial charge on any atom is 0.0717 e. The zero-order valence-corrected chi connectivity index (χ0v) is 36.1. The molecule has 5 heterocycles. The molecule has 0 N–H and O–H groups in total. The van der Waals surface area contributed by atoms with E-state index in [1.165, 1.54) is 50.8 Å². The van der Waals surface area contributed by atoms with Crippen LogP contribution in [0.5, 0.6) is 0 Å². The first-order chi connectivity index (χ1) is 20.6. The van der Waals surface area contributed by atoms with E-state index < -0.39 is 0 Å². The SMILES string of the molecule is CSC1=C(SC)SC(=C2SC3=C(SCCOCCSC4=C(SC)S/C(=C5\SC(SC)=C(SCCOCCS3)S5)S4)S2)S1. The average molecular weight is 862 g/mol. The molecule has 0 radical (unpaired) electrons. The summed E-state index contributed by atoms with van der Waals surface area (Å²) in [6, 6.07) is 0. The lowest BCUT2D eigenvalue weighted by molar-refractivity contribution is 0.167. The van der Waals surface area contributed by atoms with E-state index in [0.717, 1.165) is 49.4 Å². The van der Waals surface area contributed by atoms with Gasteiger partial charge >= 0.3 is 0 Å². The monoisotopic (exact) mass is 860 g/mol. The van der Waals surface area contributed by atoms with Crippen molar-refractivity contribution in [3.63, 3.8) is 0 Å². The molecule has 0 fully saturated rings. The third kappa shape index (κ3) is 10.5. The van der Waals surface area contributed by atoms with Gasteiger partial charge in [-0.05, 0) is 25.0 Å². The number of hydrogen-bond donors (Lipinski definition) is 0. The predicted molar refractivity (Wildman–Crippen MR) is 228 cm³/mol. The average Bonchev–Trinajstić information content (AvgIpc) is 3.79. The van der Waals surface area contributed by atoms with Gasteiger partial charge < -0.3 is 9.47 Å². The van der Waals surface area contributed by atoms with Crippen molar-refractivity contribution in [2.24, 2.45) is 0 Å². The van der Waals surface area contributed by atoms with Gasteiger partial charge in [0.25, 0.3) is 0 Å². The fourth-order valence-electron chi connectivity index (χ4n) is 3.25. The van der Waals surface area contributed by atoms with Crippen LogP contribution in [0.1, 0.15) is 0 Å². The number of fused-ring (bicyclic) bond motifs is 4. The van der Waals surface area contributed by atoms with Gasteiger partial charge in [0.05, 0.1) is 77.3 Å². The molecule has 0 unspecified atom stereocenters. The minimum absolute atomic E-state index is 0.785. The standard InChI is InChI=1S/C24H28O2S16/c1-27-13-14(28-2)36-21(35-13)24-41-19-20(42-24)34-12-8-26-6-10-32-18-16(30-4)38-23(40-18)22-37-15(29-3)17(39-22)31-9-5-25-7-11-33-19/h5-12H2,1-4H3/b23-22-. The summed E-state index contributed by atoms with van der Waals surface area (Å²) in [4.78, 5) is 0. The predicted octanol–water partition coefficient (Wildman–Crippen LogP) is 13.1. The topological polar surface area (TPSA) is 18.5 Å². The maximum absolute atomic E-state index is 6.11. The van der Waals surface area contributed by atoms with Crippen molar-refractivity contribution in [2.75, 3.05) is 74.5 Å². The molecule has 0 saturated carbocycles. The zero-order valence-electron chi connectivity index (χ0n) is 23.0. The van der Waals surface area contributed by atoms with Crippen molar-refractivity contribution in [3.8, 4) is 0 Å². The lowest BCUT2D eigenvalue weighted by Crippen LogP contribution is -2.02. The second kappa shape index (κ2) is 20.0. The first-order valence-corrected chi connectivity index (χ1v) is 27.7. The lowest BCUT2D eigenvalue weighted by Gasteiger charge is -2.08. The number of ether oxygens (including phenoxy) is 2. The van der Waals surface area contributed by atoms with E-state index >= 15 is 0 Å². The minimum atomic E-state index is 0.785. The maximum atomic E-state index is 6.11. The molecule has 18 heteroatoms. The summed E-state index contributed by atoms with van der Waals surface area (Å²) >= 11 is 31.0. The first kappa shape index (κ1) is 37.2. The van der Waals surface area contributed by atoms with Crippen molar-refractivity contribution in [2.45, 2.75) is 0 Å². The molecule has 0 aliphatic carbocycles. The highest BCUT2D eigenvalue weighted by atomic mass is 32.3. The van der Waals surface area contributed by atoms with Gasteiger partial charge in [-0.15, -0.1) is 94.1 Å². The second-order valence-electron chi connectivity index (χ2n) is 7.70. The van der Waals surface area contributed by atoms with E-state index in [9.17, 15) is 0 Å². The van der Waals surface area contributed by atoms with Crippen molar-refractivity contribution < 1.29 is 9.47 Å². The van der Waals surface area contributed by atoms with Crippen molar-refractivity contribution in [3.05, 3.63) is 50.8 Å². The van der Waals surface area contributed by atoms with Crippen LogP contribution >= 0.6 is 188 Å². The molecular weight excluding hydrogens is 833 g/mol. The van der Waals surface area contributed by atoms with Crippen LogP contribution in [0.3, 0.4) is 0 Å². The molecule has 0 aromatic rings. The highest BCUT2D eigenvalue weighted by Gasteiger charge is 2.31. The molecule has 0 aromatic heterocycles. The van der Waals surface area contributed by atoms with E-state index in [-0.39, 0.29) is 0 Å². The van der Waals surface area contributed by atoms with E-state index in [1.807, 2.05) is 188 Å². The zero-order chi connectivity index (χ0) is 29.3. The van der Waals surface area contributed by atoms with Gasteiger partial charge in [0.2, 0.25) is 0 Å². The molecule has 5 aliphatic heterocycles. The second-order valence-corrected chi connectivity index (χ2v) is 26.7. The van der Waals surface area contributed by atoms with E-state index in [0.29, 0.717) is 0 Å². The van der Waals surface area contributed by atoms with Crippen LogP contribution < -0.4 is 0 Å². The fourth-order valence-corrected chi connectivity index (χ4v) is 25.2. The normalized spacial score (nSPS) is 26.0. The Hall–Kier alpha value is 3.96. The van der Waals surface area contributed by atoms with Crippen LogP contribution in [0.2, 0.25) is 0 Å². The molecule has 0 atom stereocenters. The van der Waals surface area contributed by atoms with Crippen LogP contribution in [-0.2, 0) is 9.47 Å². The molecule has 42 heavy (non-hydrogen) atoms. The van der Waals surface area contributed by atoms with Gasteiger partial charge in [-0.1, -0.05) is 94.1 Å². The summed E-state index contributed by atoms with van der Waals surface area (Å²) in [6.45, 7) is 3.15. The third-order valence-corrected chi connectivity index (χ3v) is 27.5. The molecule has 5 aliphatic rings. The van der Waals surface area contributed by atoms with Crippen LogP contribution in [0.25, 0.3) is 0 Å². The Kier molecular flexibility index (Phi) is 17.7. The molecule has 0 spiro atoms. The highest BCUT2D eigenvalue weighted by Crippen LogP contribution is 2.67. The Morgan fingerprint density at radius 3 is 1.02 bits per heavy atom. The molecule has 0 aromatic carbocycles. The Morgan fingerprint density at radius 2 is 0.643 bits per heavy atom. The third-order valence-electron chi connectivity index (χ3n) is 5.07. The van der Waals surface area contributed by atoms with Crippen molar-refractivity contribution >= 4 is 188 Å². The van der Waals surface area contributed by atoms with E-state index in [4.69, 9.17) is 9.47 Å². The Morgan fingerprint density at radius 1 is 0.357 bits per heavy atom. The highest BCUT2D eigenvalue weighted by molar-refractivity contribution is 8.46. The molecule has 0 amide bonds. The first-order valence-electron chi connectivity index (χ1n) is 12.3. The Bertz CT molecular complexity index is 1120.